The lowest BCUT2D eigenvalue weighted by atomic mass is 9.91. The van der Waals surface area contributed by atoms with Crippen LogP contribution in [0, 0.1) is 5.21 Å². The Labute approximate surface area is 226 Å². The Morgan fingerprint density at radius 2 is 1.97 bits per heavy atom. The minimum Gasteiger partial charge on any atom is -0.618 e. The molecule has 1 aliphatic heterocycles. The Bertz CT molecular complexity index is 1620. The summed E-state index contributed by atoms with van der Waals surface area (Å²) in [5.41, 5.74) is -1.27. The number of aromatic nitrogens is 2. The maximum atomic E-state index is 13.5. The van der Waals surface area contributed by atoms with Crippen LogP contribution in [0.4, 0.5) is 18.3 Å². The maximum Gasteiger partial charge on any atom is 0.416 e. The highest BCUT2D eigenvalue weighted by atomic mass is 32.2. The molecular weight excluding hydrogens is 555 g/mol. The second kappa shape index (κ2) is 9.72. The zero-order valence-electron chi connectivity index (χ0n) is 20.6. The average Bonchev–Trinajstić information content (AvgIpc) is 3.35. The van der Waals surface area contributed by atoms with Crippen LogP contribution >= 0.6 is 11.3 Å². The van der Waals surface area contributed by atoms with Gasteiger partial charge >= 0.3 is 6.18 Å². The summed E-state index contributed by atoms with van der Waals surface area (Å²) in [6.07, 6.45) is -2.38. The molecule has 1 N–H and O–H groups in total. The third kappa shape index (κ3) is 5.64. The van der Waals surface area contributed by atoms with Crippen LogP contribution < -0.4 is 18.9 Å². The molecule has 2 aromatic carbocycles. The molecule has 5 rings (SSSR count). The van der Waals surface area contributed by atoms with E-state index in [1.807, 2.05) is 0 Å². The standard InChI is InChI=1S/C26H22F3N3O5S2/c1-25(2)15-23(18-8-7-17(14-22(18)37-25)39(34,35)31-24-30-10-12-38-24)36-21-9-6-16(26(27,28)29)13-19(21)20-5-3-4-11-32(20)33/h3-14,23H,15H2,1-2H3,(H,30,31). The van der Waals surface area contributed by atoms with E-state index in [1.165, 1.54) is 42.7 Å². The number of benzene rings is 2. The van der Waals surface area contributed by atoms with E-state index >= 15 is 0 Å². The first-order valence-electron chi connectivity index (χ1n) is 11.6. The summed E-state index contributed by atoms with van der Waals surface area (Å²) in [6, 6.07) is 11.7. The van der Waals surface area contributed by atoms with E-state index < -0.39 is 33.5 Å². The maximum absolute atomic E-state index is 13.5. The molecule has 0 fully saturated rings. The van der Waals surface area contributed by atoms with E-state index in [2.05, 4.69) is 9.71 Å². The van der Waals surface area contributed by atoms with Gasteiger partial charge in [0.05, 0.1) is 16.0 Å². The number of nitrogens with zero attached hydrogens (tertiary/aromatic N) is 2. The average molecular weight is 578 g/mol. The van der Waals surface area contributed by atoms with Crippen molar-refractivity contribution in [1.82, 2.24) is 4.98 Å². The number of thiazole rings is 1. The van der Waals surface area contributed by atoms with Gasteiger partial charge in [0, 0.05) is 41.8 Å². The molecule has 0 spiro atoms. The number of fused-ring (bicyclic) bond motifs is 1. The second-order valence-electron chi connectivity index (χ2n) is 9.44. The molecule has 0 amide bonds. The lowest BCUT2D eigenvalue weighted by Gasteiger charge is -2.38. The molecule has 13 heteroatoms. The van der Waals surface area contributed by atoms with Crippen molar-refractivity contribution in [1.29, 1.82) is 0 Å². The molecule has 4 aromatic rings. The monoisotopic (exact) mass is 577 g/mol. The molecule has 0 saturated heterocycles. The fraction of sp³-hybridized carbons (Fsp3) is 0.231. The minimum absolute atomic E-state index is 0.0140. The Hall–Kier alpha value is -3.84. The summed E-state index contributed by atoms with van der Waals surface area (Å²) in [7, 11) is -3.96. The summed E-state index contributed by atoms with van der Waals surface area (Å²) in [4.78, 5) is 3.88. The lowest BCUT2D eigenvalue weighted by molar-refractivity contribution is -0.593. The number of ether oxygens (including phenoxy) is 2. The second-order valence-corrected chi connectivity index (χ2v) is 12.0. The normalized spacial score (nSPS) is 16.7. The van der Waals surface area contributed by atoms with Crippen molar-refractivity contribution in [2.75, 3.05) is 4.72 Å². The first-order chi connectivity index (χ1) is 18.3. The lowest BCUT2D eigenvalue weighted by Crippen LogP contribution is -2.36. The number of hydrogen-bond donors (Lipinski definition) is 1. The predicted octanol–water partition coefficient (Wildman–Crippen LogP) is 5.94. The quantitative estimate of drug-likeness (QED) is 0.225. The Kier molecular flexibility index (Phi) is 6.67. The molecule has 1 aliphatic rings. The van der Waals surface area contributed by atoms with Crippen LogP contribution in [0.25, 0.3) is 11.3 Å². The van der Waals surface area contributed by atoms with E-state index in [4.69, 9.17) is 9.47 Å². The summed E-state index contributed by atoms with van der Waals surface area (Å²) in [6.45, 7) is 3.58. The summed E-state index contributed by atoms with van der Waals surface area (Å²) in [5, 5.41) is 14.3. The Balaban J connectivity index is 1.54. The topological polar surface area (TPSA) is 104 Å². The van der Waals surface area contributed by atoms with Crippen LogP contribution in [0.15, 0.2) is 77.3 Å². The first-order valence-corrected chi connectivity index (χ1v) is 14.0. The van der Waals surface area contributed by atoms with E-state index in [0.29, 0.717) is 16.7 Å². The molecule has 1 unspecified atom stereocenters. The van der Waals surface area contributed by atoms with Gasteiger partial charge < -0.3 is 14.7 Å². The van der Waals surface area contributed by atoms with Gasteiger partial charge in [-0.3, -0.25) is 4.72 Å². The van der Waals surface area contributed by atoms with Crippen molar-refractivity contribution in [2.45, 2.75) is 43.0 Å². The van der Waals surface area contributed by atoms with Gasteiger partial charge in [0.1, 0.15) is 23.2 Å². The number of hydrogen-bond acceptors (Lipinski definition) is 7. The molecular formula is C26H22F3N3O5S2. The van der Waals surface area contributed by atoms with Crippen molar-refractivity contribution in [3.8, 4) is 22.8 Å². The van der Waals surface area contributed by atoms with Crippen LogP contribution in [-0.2, 0) is 16.2 Å². The third-order valence-electron chi connectivity index (χ3n) is 6.04. The molecule has 1 atom stereocenters. The van der Waals surface area contributed by atoms with Crippen molar-refractivity contribution in [2.24, 2.45) is 0 Å². The zero-order chi connectivity index (χ0) is 28.0. The van der Waals surface area contributed by atoms with Crippen molar-refractivity contribution < 1.29 is 35.8 Å². The number of alkyl halides is 3. The molecule has 204 valence electrons. The van der Waals surface area contributed by atoms with E-state index in [1.54, 1.807) is 31.4 Å². The fourth-order valence-electron chi connectivity index (χ4n) is 4.28. The molecule has 0 saturated carbocycles. The zero-order valence-corrected chi connectivity index (χ0v) is 22.2. The van der Waals surface area contributed by atoms with Crippen molar-refractivity contribution >= 4 is 26.5 Å². The largest absolute Gasteiger partial charge is 0.618 e. The number of rotatable bonds is 6. The summed E-state index contributed by atoms with van der Waals surface area (Å²) < 4.78 is 81.6. The van der Waals surface area contributed by atoms with Gasteiger partial charge in [-0.25, -0.2) is 13.4 Å². The number of nitrogens with one attached hydrogen (secondary N) is 1. The van der Waals surface area contributed by atoms with E-state index in [0.717, 1.165) is 23.5 Å². The highest BCUT2D eigenvalue weighted by molar-refractivity contribution is 7.93. The highest BCUT2D eigenvalue weighted by Crippen LogP contribution is 2.45. The molecule has 0 bridgehead atoms. The van der Waals surface area contributed by atoms with Gasteiger partial charge in [-0.2, -0.15) is 17.9 Å². The third-order valence-corrected chi connectivity index (χ3v) is 8.19. The number of halogens is 3. The van der Waals surface area contributed by atoms with Crippen molar-refractivity contribution in [3.05, 3.63) is 88.7 Å². The van der Waals surface area contributed by atoms with Gasteiger partial charge in [0.25, 0.3) is 10.0 Å². The predicted molar refractivity (Wildman–Crippen MR) is 138 cm³/mol. The van der Waals surface area contributed by atoms with Gasteiger partial charge in [0.2, 0.25) is 5.69 Å². The Morgan fingerprint density at radius 3 is 2.67 bits per heavy atom. The fourth-order valence-corrected chi connectivity index (χ4v) is 6.09. The molecule has 0 radical (unpaired) electrons. The van der Waals surface area contributed by atoms with Gasteiger partial charge in [0.15, 0.2) is 11.3 Å². The van der Waals surface area contributed by atoms with Crippen LogP contribution in [0.2, 0.25) is 0 Å². The summed E-state index contributed by atoms with van der Waals surface area (Å²) in [5.74, 6) is 0.319. The molecule has 2 aromatic heterocycles. The number of sulfonamides is 1. The molecule has 39 heavy (non-hydrogen) atoms. The van der Waals surface area contributed by atoms with Crippen LogP contribution in [-0.4, -0.2) is 19.0 Å². The van der Waals surface area contributed by atoms with Crippen LogP contribution in [0.5, 0.6) is 11.5 Å². The number of anilines is 1. The first kappa shape index (κ1) is 26.8. The van der Waals surface area contributed by atoms with Gasteiger partial charge in [-0.05, 0) is 44.2 Å². The minimum atomic E-state index is -4.63. The highest BCUT2D eigenvalue weighted by Gasteiger charge is 2.38. The van der Waals surface area contributed by atoms with Crippen LogP contribution in [0.3, 0.4) is 0 Å². The van der Waals surface area contributed by atoms with Gasteiger partial charge in [-0.1, -0.05) is 6.07 Å². The smallest absolute Gasteiger partial charge is 0.416 e. The van der Waals surface area contributed by atoms with Gasteiger partial charge in [-0.15, -0.1) is 11.3 Å². The Morgan fingerprint density at radius 1 is 1.18 bits per heavy atom. The molecule has 0 aliphatic carbocycles. The molecule has 8 nitrogen and oxygen atoms in total. The molecule has 3 heterocycles. The van der Waals surface area contributed by atoms with Crippen LogP contribution in [0.1, 0.15) is 37.5 Å². The van der Waals surface area contributed by atoms with E-state index in [-0.39, 0.29) is 32.8 Å². The van der Waals surface area contributed by atoms with E-state index in [9.17, 15) is 26.8 Å². The SMILES string of the molecule is CC1(C)CC(Oc2ccc(C(F)(F)F)cc2-c2cccc[n+]2[O-])c2ccc(S(=O)(=O)Nc3nccs3)cc2O1. The summed E-state index contributed by atoms with van der Waals surface area (Å²) >= 11 is 1.13. The van der Waals surface area contributed by atoms with Crippen molar-refractivity contribution in [3.63, 3.8) is 0 Å². The number of pyridine rings is 1.